The molecule has 0 saturated heterocycles. The van der Waals surface area contributed by atoms with Crippen LogP contribution >= 0.6 is 11.8 Å². The Kier molecular flexibility index (Phi) is 6.15. The van der Waals surface area contributed by atoms with E-state index in [1.807, 2.05) is 26.8 Å². The molecule has 4 nitrogen and oxygen atoms in total. The van der Waals surface area contributed by atoms with Crippen LogP contribution < -0.4 is 0 Å². The van der Waals surface area contributed by atoms with Gasteiger partial charge in [-0.1, -0.05) is 6.92 Å². The zero-order chi connectivity index (χ0) is 14.4. The van der Waals surface area contributed by atoms with Gasteiger partial charge in [0.25, 0.3) is 0 Å². The van der Waals surface area contributed by atoms with Crippen molar-refractivity contribution in [3.63, 3.8) is 0 Å². The average Bonchev–Trinajstić information content (AvgIpc) is 2.65. The lowest BCUT2D eigenvalue weighted by Gasteiger charge is -2.09. The van der Waals surface area contributed by atoms with Crippen molar-refractivity contribution in [3.05, 3.63) is 23.0 Å². The van der Waals surface area contributed by atoms with E-state index in [9.17, 15) is 9.59 Å². The van der Waals surface area contributed by atoms with Crippen molar-refractivity contribution in [2.75, 3.05) is 12.4 Å². The van der Waals surface area contributed by atoms with Gasteiger partial charge in [0.2, 0.25) is 0 Å². The summed E-state index contributed by atoms with van der Waals surface area (Å²) in [5.74, 6) is 0.282. The molecule has 0 fully saturated rings. The van der Waals surface area contributed by atoms with Crippen LogP contribution in [0.2, 0.25) is 0 Å². The zero-order valence-electron chi connectivity index (χ0n) is 11.9. The highest BCUT2D eigenvalue weighted by Gasteiger charge is 2.15. The van der Waals surface area contributed by atoms with Crippen LogP contribution in [0.4, 0.5) is 0 Å². The summed E-state index contributed by atoms with van der Waals surface area (Å²) in [7, 11) is 0. The van der Waals surface area contributed by atoms with Gasteiger partial charge in [0.1, 0.15) is 0 Å². The number of esters is 1. The van der Waals surface area contributed by atoms with Crippen molar-refractivity contribution < 1.29 is 14.3 Å². The number of hydrogen-bond donors (Lipinski definition) is 1. The molecule has 0 bridgehead atoms. The van der Waals surface area contributed by atoms with E-state index in [0.29, 0.717) is 18.8 Å². The third-order valence-electron chi connectivity index (χ3n) is 2.71. The lowest BCUT2D eigenvalue weighted by Crippen LogP contribution is -2.13. The number of carbonyl (C=O) groups is 2. The van der Waals surface area contributed by atoms with Crippen molar-refractivity contribution in [2.45, 2.75) is 39.4 Å². The molecule has 1 aromatic rings. The fourth-order valence-corrected chi connectivity index (χ4v) is 2.67. The second kappa shape index (κ2) is 7.38. The maximum absolute atomic E-state index is 12.0. The van der Waals surface area contributed by atoms with Crippen LogP contribution in [0.25, 0.3) is 0 Å². The number of thioether (sulfide) groups is 1. The van der Waals surface area contributed by atoms with Gasteiger partial charge >= 0.3 is 5.97 Å². The number of hydrogen-bond acceptors (Lipinski definition) is 4. The van der Waals surface area contributed by atoms with Gasteiger partial charge in [-0.05, 0) is 26.8 Å². The van der Waals surface area contributed by atoms with Gasteiger partial charge in [0, 0.05) is 22.2 Å². The van der Waals surface area contributed by atoms with Crippen molar-refractivity contribution >= 4 is 23.5 Å². The van der Waals surface area contributed by atoms with E-state index in [1.165, 1.54) is 11.8 Å². The molecule has 1 atom stereocenters. The lowest BCUT2D eigenvalue weighted by atomic mass is 10.2. The fraction of sp³-hybridized carbons (Fsp3) is 0.571. The summed E-state index contributed by atoms with van der Waals surface area (Å²) in [5.41, 5.74) is 2.64. The van der Waals surface area contributed by atoms with E-state index in [0.717, 1.165) is 17.0 Å². The SMILES string of the molecule is CCOC(=O)C[C@@H](C)SCC(=O)c1cc(C)[nH]c1C. The van der Waals surface area contributed by atoms with Gasteiger partial charge < -0.3 is 9.72 Å². The summed E-state index contributed by atoms with van der Waals surface area (Å²) in [4.78, 5) is 26.5. The predicted molar refractivity (Wildman–Crippen MR) is 77.8 cm³/mol. The van der Waals surface area contributed by atoms with Crippen LogP contribution in [0.3, 0.4) is 0 Å². The third-order valence-corrected chi connectivity index (χ3v) is 3.87. The normalized spacial score (nSPS) is 12.2. The third kappa shape index (κ3) is 5.11. The molecule has 106 valence electrons. The number of aromatic nitrogens is 1. The Labute approximate surface area is 118 Å². The van der Waals surface area contributed by atoms with Crippen LogP contribution in [-0.4, -0.2) is 34.3 Å². The summed E-state index contributed by atoms with van der Waals surface area (Å²) in [6.07, 6.45) is 0.344. The summed E-state index contributed by atoms with van der Waals surface area (Å²) in [6.45, 7) is 7.95. The standard InChI is InChI=1S/C14H21NO3S/c1-5-18-14(17)7-10(3)19-8-13(16)12-6-9(2)15-11(12)4/h6,10,15H,5,7-8H2,1-4H3/t10-/m1/s1. The number of rotatable bonds is 7. The highest BCUT2D eigenvalue weighted by molar-refractivity contribution is 8.00. The predicted octanol–water partition coefficient (Wildman–Crippen LogP) is 2.89. The smallest absolute Gasteiger partial charge is 0.306 e. The maximum atomic E-state index is 12.0. The van der Waals surface area contributed by atoms with Crippen molar-refractivity contribution in [3.8, 4) is 0 Å². The maximum Gasteiger partial charge on any atom is 0.306 e. The Hall–Kier alpha value is -1.23. The fourth-order valence-electron chi connectivity index (χ4n) is 1.82. The van der Waals surface area contributed by atoms with Crippen molar-refractivity contribution in [1.29, 1.82) is 0 Å². The summed E-state index contributed by atoms with van der Waals surface area (Å²) < 4.78 is 4.88. The molecule has 5 heteroatoms. The number of H-pyrrole nitrogens is 1. The lowest BCUT2D eigenvalue weighted by molar-refractivity contribution is -0.142. The minimum absolute atomic E-state index is 0.0864. The number of carbonyl (C=O) groups excluding carboxylic acids is 2. The van der Waals surface area contributed by atoms with Crippen molar-refractivity contribution in [2.24, 2.45) is 0 Å². The van der Waals surface area contributed by atoms with Gasteiger partial charge in [-0.3, -0.25) is 9.59 Å². The molecule has 0 amide bonds. The Morgan fingerprint density at radius 1 is 1.42 bits per heavy atom. The molecule has 0 aromatic carbocycles. The highest BCUT2D eigenvalue weighted by Crippen LogP contribution is 2.18. The molecule has 0 unspecified atom stereocenters. The Morgan fingerprint density at radius 3 is 2.63 bits per heavy atom. The van der Waals surface area contributed by atoms with E-state index in [4.69, 9.17) is 4.74 Å². The number of Topliss-reactive ketones (excluding diaryl/α,β-unsaturated/α-hetero) is 1. The van der Waals surface area contributed by atoms with Crippen LogP contribution in [0, 0.1) is 13.8 Å². The molecule has 0 saturated carbocycles. The molecule has 0 aliphatic heterocycles. The Morgan fingerprint density at radius 2 is 2.11 bits per heavy atom. The molecule has 1 aromatic heterocycles. The number of aromatic amines is 1. The number of ketones is 1. The molecule has 1 heterocycles. The van der Waals surface area contributed by atoms with Gasteiger partial charge in [-0.2, -0.15) is 0 Å². The van der Waals surface area contributed by atoms with E-state index in [2.05, 4.69) is 4.98 Å². The highest BCUT2D eigenvalue weighted by atomic mass is 32.2. The van der Waals surface area contributed by atoms with E-state index in [1.54, 1.807) is 6.92 Å². The zero-order valence-corrected chi connectivity index (χ0v) is 12.7. The molecule has 0 aliphatic rings. The van der Waals surface area contributed by atoms with Crippen LogP contribution in [0.1, 0.15) is 42.0 Å². The first-order chi connectivity index (χ1) is 8.93. The van der Waals surface area contributed by atoms with E-state index >= 15 is 0 Å². The molecule has 0 spiro atoms. The van der Waals surface area contributed by atoms with Crippen LogP contribution in [0.5, 0.6) is 0 Å². The van der Waals surface area contributed by atoms with Crippen LogP contribution in [-0.2, 0) is 9.53 Å². The van der Waals surface area contributed by atoms with Gasteiger partial charge in [0.15, 0.2) is 5.78 Å². The van der Waals surface area contributed by atoms with E-state index < -0.39 is 0 Å². The largest absolute Gasteiger partial charge is 0.466 e. The minimum atomic E-state index is -0.205. The summed E-state index contributed by atoms with van der Waals surface area (Å²) in [5, 5.41) is 0.0864. The molecule has 1 rings (SSSR count). The summed E-state index contributed by atoms with van der Waals surface area (Å²) in [6, 6.07) is 1.87. The van der Waals surface area contributed by atoms with Gasteiger partial charge in [-0.25, -0.2) is 0 Å². The quantitative estimate of drug-likeness (QED) is 0.617. The van der Waals surface area contributed by atoms with Crippen LogP contribution in [0.15, 0.2) is 6.07 Å². The second-order valence-corrected chi connectivity index (χ2v) is 5.97. The first kappa shape index (κ1) is 15.8. The molecule has 19 heavy (non-hydrogen) atoms. The Balaban J connectivity index is 2.42. The first-order valence-corrected chi connectivity index (χ1v) is 7.45. The minimum Gasteiger partial charge on any atom is -0.466 e. The monoisotopic (exact) mass is 283 g/mol. The molecule has 1 N–H and O–H groups in total. The number of aryl methyl sites for hydroxylation is 2. The number of ether oxygens (including phenoxy) is 1. The number of nitrogens with one attached hydrogen (secondary N) is 1. The molecular weight excluding hydrogens is 262 g/mol. The van der Waals surface area contributed by atoms with Gasteiger partial charge in [0.05, 0.1) is 18.8 Å². The molecule has 0 radical (unpaired) electrons. The Bertz CT molecular complexity index is 454. The van der Waals surface area contributed by atoms with Crippen molar-refractivity contribution in [1.82, 2.24) is 4.98 Å². The first-order valence-electron chi connectivity index (χ1n) is 6.40. The van der Waals surface area contributed by atoms with Gasteiger partial charge in [-0.15, -0.1) is 11.8 Å². The summed E-state index contributed by atoms with van der Waals surface area (Å²) >= 11 is 1.49. The average molecular weight is 283 g/mol. The molecule has 0 aliphatic carbocycles. The second-order valence-electron chi connectivity index (χ2n) is 4.54. The topological polar surface area (TPSA) is 59.2 Å². The molecular formula is C14H21NO3S. The van der Waals surface area contributed by atoms with E-state index in [-0.39, 0.29) is 17.0 Å².